The van der Waals surface area contributed by atoms with Gasteiger partial charge in [0.25, 0.3) is 0 Å². The Morgan fingerprint density at radius 1 is 1.60 bits per heavy atom. The molecule has 0 aliphatic rings. The first kappa shape index (κ1) is 11.6. The number of carboxylic acid groups (broad SMARTS) is 1. The molecule has 0 spiro atoms. The highest BCUT2D eigenvalue weighted by Gasteiger charge is 2.25. The molecule has 0 aromatic carbocycles. The van der Waals surface area contributed by atoms with Gasteiger partial charge in [-0.3, -0.25) is 9.78 Å². The van der Waals surface area contributed by atoms with Crippen LogP contribution in [0.25, 0.3) is 0 Å². The minimum atomic E-state index is -1.34. The third-order valence-electron chi connectivity index (χ3n) is 2.10. The minimum absolute atomic E-state index is 0.0426. The van der Waals surface area contributed by atoms with Crippen molar-refractivity contribution in [3.63, 3.8) is 0 Å². The first-order valence-corrected chi connectivity index (χ1v) is 4.48. The van der Waals surface area contributed by atoms with E-state index in [-0.39, 0.29) is 18.5 Å². The van der Waals surface area contributed by atoms with Crippen LogP contribution in [0.4, 0.5) is 4.39 Å². The van der Waals surface area contributed by atoms with Crippen LogP contribution in [0.3, 0.4) is 0 Å². The van der Waals surface area contributed by atoms with Crippen molar-refractivity contribution in [2.45, 2.75) is 25.4 Å². The molecule has 2 N–H and O–H groups in total. The van der Waals surface area contributed by atoms with E-state index in [1.807, 2.05) is 0 Å². The van der Waals surface area contributed by atoms with Gasteiger partial charge < -0.3 is 10.2 Å². The Labute approximate surface area is 86.4 Å². The Morgan fingerprint density at radius 3 is 2.73 bits per heavy atom. The van der Waals surface area contributed by atoms with Crippen LogP contribution >= 0.6 is 0 Å². The van der Waals surface area contributed by atoms with Crippen molar-refractivity contribution in [2.24, 2.45) is 0 Å². The number of halogens is 1. The van der Waals surface area contributed by atoms with E-state index in [1.165, 1.54) is 19.1 Å². The fourth-order valence-corrected chi connectivity index (χ4v) is 1.17. The van der Waals surface area contributed by atoms with Gasteiger partial charge in [0, 0.05) is 6.42 Å². The third-order valence-corrected chi connectivity index (χ3v) is 2.10. The molecule has 4 nitrogen and oxygen atoms in total. The Hall–Kier alpha value is -1.49. The number of aliphatic hydroxyl groups is 1. The Kier molecular flexibility index (Phi) is 3.36. The van der Waals surface area contributed by atoms with Gasteiger partial charge in [0.1, 0.15) is 11.4 Å². The van der Waals surface area contributed by atoms with Gasteiger partial charge in [-0.15, -0.1) is 0 Å². The molecule has 5 heteroatoms. The van der Waals surface area contributed by atoms with Crippen molar-refractivity contribution in [3.8, 4) is 0 Å². The quantitative estimate of drug-likeness (QED) is 0.790. The Morgan fingerprint density at radius 2 is 2.27 bits per heavy atom. The summed E-state index contributed by atoms with van der Waals surface area (Å²) in [6, 6.07) is 2.52. The summed E-state index contributed by atoms with van der Waals surface area (Å²) in [6.07, 6.45) is 0.873. The molecule has 0 fully saturated rings. The molecular weight excluding hydrogens is 201 g/mol. The van der Waals surface area contributed by atoms with Crippen LogP contribution in [0.5, 0.6) is 0 Å². The van der Waals surface area contributed by atoms with Crippen LogP contribution in [0.2, 0.25) is 0 Å². The van der Waals surface area contributed by atoms with Crippen LogP contribution in [0.15, 0.2) is 18.3 Å². The Balaban J connectivity index is 2.76. The van der Waals surface area contributed by atoms with Crippen LogP contribution < -0.4 is 0 Å². The summed E-state index contributed by atoms with van der Waals surface area (Å²) in [5, 5.41) is 18.4. The summed E-state index contributed by atoms with van der Waals surface area (Å²) in [7, 11) is 0. The lowest BCUT2D eigenvalue weighted by Gasteiger charge is -2.21. The molecule has 15 heavy (non-hydrogen) atoms. The second-order valence-electron chi connectivity index (χ2n) is 3.53. The van der Waals surface area contributed by atoms with Crippen molar-refractivity contribution in [3.05, 3.63) is 29.8 Å². The molecule has 0 saturated carbocycles. The predicted molar refractivity (Wildman–Crippen MR) is 50.6 cm³/mol. The van der Waals surface area contributed by atoms with E-state index in [0.29, 0.717) is 0 Å². The van der Waals surface area contributed by atoms with Gasteiger partial charge in [-0.25, -0.2) is 4.39 Å². The van der Waals surface area contributed by atoms with Crippen molar-refractivity contribution in [1.82, 2.24) is 4.98 Å². The monoisotopic (exact) mass is 213 g/mol. The molecule has 0 aliphatic carbocycles. The fourth-order valence-electron chi connectivity index (χ4n) is 1.17. The predicted octanol–water partition coefficient (Wildman–Crippen LogP) is 1.29. The molecule has 0 saturated heterocycles. The van der Waals surface area contributed by atoms with E-state index in [1.54, 1.807) is 0 Å². The highest BCUT2D eigenvalue weighted by Crippen LogP contribution is 2.23. The van der Waals surface area contributed by atoms with Crippen molar-refractivity contribution < 1.29 is 19.4 Å². The van der Waals surface area contributed by atoms with Gasteiger partial charge in [-0.1, -0.05) is 0 Å². The van der Waals surface area contributed by atoms with Gasteiger partial charge in [0.05, 0.1) is 11.9 Å². The summed E-state index contributed by atoms with van der Waals surface area (Å²) in [5.74, 6) is -1.48. The van der Waals surface area contributed by atoms with E-state index in [0.717, 1.165) is 6.20 Å². The topological polar surface area (TPSA) is 70.4 Å². The lowest BCUT2D eigenvalue weighted by atomic mass is 9.95. The number of aromatic nitrogens is 1. The average Bonchev–Trinajstić information content (AvgIpc) is 2.16. The molecule has 0 bridgehead atoms. The van der Waals surface area contributed by atoms with Crippen LogP contribution in [0, 0.1) is 5.82 Å². The molecule has 1 rings (SSSR count). The minimum Gasteiger partial charge on any atom is -0.481 e. The van der Waals surface area contributed by atoms with Crippen LogP contribution in [-0.2, 0) is 10.4 Å². The molecule has 82 valence electrons. The largest absolute Gasteiger partial charge is 0.481 e. The number of carbonyl (C=O) groups is 1. The number of aliphatic carboxylic acids is 1. The standard InChI is InChI=1S/C10H12FNO3/c1-10(15,5-4-9(13)14)8-3-2-7(11)6-12-8/h2-3,6,15H,4-5H2,1H3,(H,13,14). The molecule has 0 radical (unpaired) electrons. The average molecular weight is 213 g/mol. The van der Waals surface area contributed by atoms with Crippen molar-refractivity contribution in [2.75, 3.05) is 0 Å². The molecule has 1 aromatic rings. The Bertz CT molecular complexity index is 348. The molecule has 1 heterocycles. The molecule has 0 amide bonds. The maximum Gasteiger partial charge on any atom is 0.303 e. The van der Waals surface area contributed by atoms with E-state index < -0.39 is 17.4 Å². The molecule has 0 aliphatic heterocycles. The van der Waals surface area contributed by atoms with Gasteiger partial charge in [0.2, 0.25) is 0 Å². The van der Waals surface area contributed by atoms with Gasteiger partial charge in [0.15, 0.2) is 0 Å². The van der Waals surface area contributed by atoms with Gasteiger partial charge >= 0.3 is 5.97 Å². The zero-order chi connectivity index (χ0) is 11.5. The van der Waals surface area contributed by atoms with Crippen molar-refractivity contribution in [1.29, 1.82) is 0 Å². The van der Waals surface area contributed by atoms with E-state index in [9.17, 15) is 14.3 Å². The third kappa shape index (κ3) is 3.28. The number of hydrogen-bond acceptors (Lipinski definition) is 3. The maximum absolute atomic E-state index is 12.6. The summed E-state index contributed by atoms with van der Waals surface area (Å²) in [4.78, 5) is 14.0. The smallest absolute Gasteiger partial charge is 0.303 e. The van der Waals surface area contributed by atoms with Crippen LogP contribution in [0.1, 0.15) is 25.5 Å². The highest BCUT2D eigenvalue weighted by molar-refractivity contribution is 5.66. The summed E-state index contributed by atoms with van der Waals surface area (Å²) < 4.78 is 12.6. The zero-order valence-corrected chi connectivity index (χ0v) is 8.27. The number of pyridine rings is 1. The summed E-state index contributed by atoms with van der Waals surface area (Å²) in [6.45, 7) is 1.45. The number of nitrogens with zero attached hydrogens (tertiary/aromatic N) is 1. The number of hydrogen-bond donors (Lipinski definition) is 2. The van der Waals surface area contributed by atoms with Gasteiger partial charge in [-0.2, -0.15) is 0 Å². The second kappa shape index (κ2) is 4.35. The first-order valence-electron chi connectivity index (χ1n) is 4.48. The van der Waals surface area contributed by atoms with E-state index in [2.05, 4.69) is 4.98 Å². The van der Waals surface area contributed by atoms with E-state index >= 15 is 0 Å². The zero-order valence-electron chi connectivity index (χ0n) is 8.27. The summed E-state index contributed by atoms with van der Waals surface area (Å²) >= 11 is 0. The lowest BCUT2D eigenvalue weighted by molar-refractivity contribution is -0.138. The van der Waals surface area contributed by atoms with Gasteiger partial charge in [-0.05, 0) is 25.5 Å². The number of carboxylic acids is 1. The number of rotatable bonds is 4. The van der Waals surface area contributed by atoms with E-state index in [4.69, 9.17) is 5.11 Å². The highest BCUT2D eigenvalue weighted by atomic mass is 19.1. The van der Waals surface area contributed by atoms with Crippen LogP contribution in [-0.4, -0.2) is 21.2 Å². The SMILES string of the molecule is CC(O)(CCC(=O)O)c1ccc(F)cn1. The lowest BCUT2D eigenvalue weighted by Crippen LogP contribution is -2.23. The normalized spacial score (nSPS) is 14.6. The maximum atomic E-state index is 12.6. The molecular formula is C10H12FNO3. The first-order chi connectivity index (χ1) is 6.92. The second-order valence-corrected chi connectivity index (χ2v) is 3.53. The fraction of sp³-hybridized carbons (Fsp3) is 0.400. The molecule has 1 atom stereocenters. The summed E-state index contributed by atoms with van der Waals surface area (Å²) in [5.41, 5.74) is -1.07. The molecule has 1 unspecified atom stereocenters. The van der Waals surface area contributed by atoms with Crippen molar-refractivity contribution >= 4 is 5.97 Å². The molecule has 1 aromatic heterocycles.